The summed E-state index contributed by atoms with van der Waals surface area (Å²) in [6.45, 7) is 2.15. The highest BCUT2D eigenvalue weighted by Gasteiger charge is 2.23. The fourth-order valence-corrected chi connectivity index (χ4v) is 2.83. The van der Waals surface area contributed by atoms with Crippen molar-refractivity contribution in [1.29, 1.82) is 0 Å². The van der Waals surface area contributed by atoms with Crippen LogP contribution in [0.5, 0.6) is 5.75 Å². The number of halogens is 1. The van der Waals surface area contributed by atoms with Crippen LogP contribution in [0, 0.1) is 5.82 Å². The molecular formula is C18H17FN2O3. The lowest BCUT2D eigenvalue weighted by atomic mass is 10.1. The summed E-state index contributed by atoms with van der Waals surface area (Å²) in [6, 6.07) is 9.15. The number of ether oxygens (including phenoxy) is 1. The SMILES string of the molecule is COc1cc(F)ccc1NC(=O)c1ccc2c(c1)CCN2C(C)=O. The van der Waals surface area contributed by atoms with Crippen LogP contribution in [0.25, 0.3) is 0 Å². The van der Waals surface area contributed by atoms with Gasteiger partial charge in [-0.3, -0.25) is 9.59 Å². The van der Waals surface area contributed by atoms with Crippen LogP contribution in [0.4, 0.5) is 15.8 Å². The van der Waals surface area contributed by atoms with Gasteiger partial charge in [0.05, 0.1) is 12.8 Å². The second-order valence-corrected chi connectivity index (χ2v) is 5.56. The van der Waals surface area contributed by atoms with Crippen molar-refractivity contribution in [3.05, 3.63) is 53.3 Å². The molecule has 6 heteroatoms. The summed E-state index contributed by atoms with van der Waals surface area (Å²) in [5, 5.41) is 2.72. The van der Waals surface area contributed by atoms with E-state index in [-0.39, 0.29) is 17.6 Å². The van der Waals surface area contributed by atoms with Gasteiger partial charge >= 0.3 is 0 Å². The molecule has 0 atom stereocenters. The van der Waals surface area contributed by atoms with Crippen molar-refractivity contribution < 1.29 is 18.7 Å². The minimum atomic E-state index is -0.438. The molecule has 0 spiro atoms. The molecule has 0 aromatic heterocycles. The molecule has 0 bridgehead atoms. The van der Waals surface area contributed by atoms with Crippen LogP contribution in [0.2, 0.25) is 0 Å². The summed E-state index contributed by atoms with van der Waals surface area (Å²) < 4.78 is 18.3. The number of rotatable bonds is 3. The molecule has 2 amide bonds. The van der Waals surface area contributed by atoms with E-state index < -0.39 is 5.82 Å². The Hall–Kier alpha value is -2.89. The Morgan fingerprint density at radius 3 is 2.71 bits per heavy atom. The van der Waals surface area contributed by atoms with Gasteiger partial charge in [-0.25, -0.2) is 4.39 Å². The number of fused-ring (bicyclic) bond motifs is 1. The number of carbonyl (C=O) groups excluding carboxylic acids is 2. The van der Waals surface area contributed by atoms with Crippen LogP contribution in [-0.4, -0.2) is 25.5 Å². The zero-order chi connectivity index (χ0) is 17.3. The highest BCUT2D eigenvalue weighted by atomic mass is 19.1. The second-order valence-electron chi connectivity index (χ2n) is 5.56. The van der Waals surface area contributed by atoms with E-state index in [2.05, 4.69) is 5.32 Å². The van der Waals surface area contributed by atoms with E-state index in [0.29, 0.717) is 17.8 Å². The first kappa shape index (κ1) is 16.0. The average molecular weight is 328 g/mol. The topological polar surface area (TPSA) is 58.6 Å². The van der Waals surface area contributed by atoms with E-state index in [1.165, 1.54) is 32.2 Å². The number of amides is 2. The first-order valence-corrected chi connectivity index (χ1v) is 7.55. The Kier molecular flexibility index (Phi) is 4.20. The van der Waals surface area contributed by atoms with Gasteiger partial charge in [0.1, 0.15) is 11.6 Å². The third-order valence-electron chi connectivity index (χ3n) is 4.03. The third kappa shape index (κ3) is 2.95. The predicted octanol–water partition coefficient (Wildman–Crippen LogP) is 3.00. The molecular weight excluding hydrogens is 311 g/mol. The zero-order valence-electron chi connectivity index (χ0n) is 13.4. The standard InChI is InChI=1S/C18H17FN2O3/c1-11(22)21-8-7-12-9-13(3-6-16(12)21)18(23)20-15-5-4-14(19)10-17(15)24-2/h3-6,9-10H,7-8H2,1-2H3,(H,20,23). The van der Waals surface area contributed by atoms with E-state index >= 15 is 0 Å². The first-order chi connectivity index (χ1) is 11.5. The van der Waals surface area contributed by atoms with Crippen LogP contribution in [0.15, 0.2) is 36.4 Å². The van der Waals surface area contributed by atoms with Crippen LogP contribution in [0.1, 0.15) is 22.8 Å². The number of nitrogens with zero attached hydrogens (tertiary/aromatic N) is 1. The van der Waals surface area contributed by atoms with E-state index in [9.17, 15) is 14.0 Å². The summed E-state index contributed by atoms with van der Waals surface area (Å²) in [6.07, 6.45) is 0.718. The molecule has 5 nitrogen and oxygen atoms in total. The molecule has 124 valence electrons. The number of benzene rings is 2. The Morgan fingerprint density at radius 2 is 2.00 bits per heavy atom. The maximum absolute atomic E-state index is 13.2. The summed E-state index contributed by atoms with van der Waals surface area (Å²) in [7, 11) is 1.41. The zero-order valence-corrected chi connectivity index (χ0v) is 13.4. The molecule has 1 aliphatic rings. The molecule has 2 aromatic carbocycles. The van der Waals surface area contributed by atoms with Crippen molar-refractivity contribution in [3.8, 4) is 5.75 Å². The number of hydrogen-bond donors (Lipinski definition) is 1. The van der Waals surface area contributed by atoms with Crippen LogP contribution in [0.3, 0.4) is 0 Å². The van der Waals surface area contributed by atoms with Crippen LogP contribution in [-0.2, 0) is 11.2 Å². The number of nitrogens with one attached hydrogen (secondary N) is 1. The molecule has 1 aliphatic heterocycles. The van der Waals surface area contributed by atoms with Crippen molar-refractivity contribution in [1.82, 2.24) is 0 Å². The molecule has 0 fully saturated rings. The number of hydrogen-bond acceptors (Lipinski definition) is 3. The molecule has 0 saturated heterocycles. The summed E-state index contributed by atoms with van der Waals surface area (Å²) in [5.74, 6) is -0.509. The van der Waals surface area contributed by atoms with Crippen molar-refractivity contribution >= 4 is 23.2 Å². The van der Waals surface area contributed by atoms with Gasteiger partial charge in [0.2, 0.25) is 5.91 Å². The van der Waals surface area contributed by atoms with Gasteiger partial charge in [-0.2, -0.15) is 0 Å². The van der Waals surface area contributed by atoms with Crippen molar-refractivity contribution in [3.63, 3.8) is 0 Å². The number of carbonyl (C=O) groups is 2. The Morgan fingerprint density at radius 1 is 1.21 bits per heavy atom. The van der Waals surface area contributed by atoms with E-state index in [1.807, 2.05) is 0 Å². The maximum Gasteiger partial charge on any atom is 0.255 e. The second kappa shape index (κ2) is 6.31. The van der Waals surface area contributed by atoms with Gasteiger partial charge in [-0.05, 0) is 42.3 Å². The van der Waals surface area contributed by atoms with E-state index in [4.69, 9.17) is 4.74 Å². The molecule has 2 aromatic rings. The fourth-order valence-electron chi connectivity index (χ4n) is 2.83. The maximum atomic E-state index is 13.2. The van der Waals surface area contributed by atoms with E-state index in [0.717, 1.165) is 17.7 Å². The average Bonchev–Trinajstić information content (AvgIpc) is 2.99. The van der Waals surface area contributed by atoms with Gasteiger partial charge in [0, 0.05) is 30.8 Å². The van der Waals surface area contributed by atoms with Crippen molar-refractivity contribution in [2.24, 2.45) is 0 Å². The largest absolute Gasteiger partial charge is 0.494 e. The highest BCUT2D eigenvalue weighted by molar-refractivity contribution is 6.06. The molecule has 3 rings (SSSR count). The molecule has 1 N–H and O–H groups in total. The number of methoxy groups -OCH3 is 1. The summed E-state index contributed by atoms with van der Waals surface area (Å²) in [5.41, 5.74) is 2.68. The Bertz CT molecular complexity index is 820. The summed E-state index contributed by atoms with van der Waals surface area (Å²) >= 11 is 0. The molecule has 0 radical (unpaired) electrons. The lowest BCUT2D eigenvalue weighted by molar-refractivity contribution is -0.116. The molecule has 24 heavy (non-hydrogen) atoms. The fraction of sp³-hybridized carbons (Fsp3) is 0.222. The van der Waals surface area contributed by atoms with Crippen molar-refractivity contribution in [2.75, 3.05) is 23.9 Å². The molecule has 0 aliphatic carbocycles. The highest BCUT2D eigenvalue weighted by Crippen LogP contribution is 2.30. The lowest BCUT2D eigenvalue weighted by Crippen LogP contribution is -2.25. The minimum Gasteiger partial charge on any atom is -0.494 e. The third-order valence-corrected chi connectivity index (χ3v) is 4.03. The summed E-state index contributed by atoms with van der Waals surface area (Å²) in [4.78, 5) is 25.7. The monoisotopic (exact) mass is 328 g/mol. The lowest BCUT2D eigenvalue weighted by Gasteiger charge is -2.15. The van der Waals surface area contributed by atoms with Crippen LogP contribution < -0.4 is 15.0 Å². The first-order valence-electron chi connectivity index (χ1n) is 7.55. The number of anilines is 2. The van der Waals surface area contributed by atoms with Gasteiger partial charge < -0.3 is 15.0 Å². The quantitative estimate of drug-likeness (QED) is 0.942. The smallest absolute Gasteiger partial charge is 0.255 e. The Balaban J connectivity index is 1.83. The normalized spacial score (nSPS) is 12.7. The molecule has 0 unspecified atom stereocenters. The molecule has 0 saturated carbocycles. The van der Waals surface area contributed by atoms with Crippen molar-refractivity contribution in [2.45, 2.75) is 13.3 Å². The molecule has 1 heterocycles. The predicted molar refractivity (Wildman–Crippen MR) is 89.1 cm³/mol. The van der Waals surface area contributed by atoms with Gasteiger partial charge in [0.15, 0.2) is 0 Å². The van der Waals surface area contributed by atoms with Gasteiger partial charge in [0.25, 0.3) is 5.91 Å². The van der Waals surface area contributed by atoms with E-state index in [1.54, 1.807) is 23.1 Å². The van der Waals surface area contributed by atoms with Gasteiger partial charge in [-0.1, -0.05) is 0 Å². The van der Waals surface area contributed by atoms with Gasteiger partial charge in [-0.15, -0.1) is 0 Å². The Labute approximate surface area is 139 Å². The van der Waals surface area contributed by atoms with Crippen LogP contribution >= 0.6 is 0 Å². The minimum absolute atomic E-state index is 0.0120.